The molecule has 1 saturated carbocycles. The van der Waals surface area contributed by atoms with Crippen molar-refractivity contribution in [1.82, 2.24) is 10.6 Å². The lowest BCUT2D eigenvalue weighted by atomic mass is 10.2. The molecule has 2 aliphatic rings. The average Bonchev–Trinajstić information content (AvgIpc) is 2.78. The molecule has 4 nitrogen and oxygen atoms in total. The molecule has 3 atom stereocenters. The van der Waals surface area contributed by atoms with Crippen molar-refractivity contribution in [2.24, 2.45) is 0 Å². The fourth-order valence-corrected chi connectivity index (χ4v) is 3.50. The number of amides is 1. The summed E-state index contributed by atoms with van der Waals surface area (Å²) in [4.78, 5) is 11.9. The van der Waals surface area contributed by atoms with Crippen molar-refractivity contribution in [2.75, 3.05) is 25.2 Å². The quantitative estimate of drug-likeness (QED) is 0.818. The number of rotatable bonds is 4. The van der Waals surface area contributed by atoms with Crippen molar-refractivity contribution >= 4 is 30.1 Å². The van der Waals surface area contributed by atoms with Gasteiger partial charge in [-0.1, -0.05) is 0 Å². The minimum atomic E-state index is 0. The Balaban J connectivity index is 0.00000162. The van der Waals surface area contributed by atoms with Crippen molar-refractivity contribution < 1.29 is 9.53 Å². The van der Waals surface area contributed by atoms with Crippen LogP contribution in [0.2, 0.25) is 0 Å². The molecule has 1 heterocycles. The second-order valence-electron chi connectivity index (χ2n) is 4.87. The first-order valence-electron chi connectivity index (χ1n) is 6.41. The lowest BCUT2D eigenvalue weighted by Crippen LogP contribution is -2.43. The molecule has 0 bridgehead atoms. The van der Waals surface area contributed by atoms with Crippen LogP contribution in [0.25, 0.3) is 0 Å². The second kappa shape index (κ2) is 8.25. The molecule has 0 aromatic carbocycles. The highest BCUT2D eigenvalue weighted by Crippen LogP contribution is 2.21. The van der Waals surface area contributed by atoms with Crippen LogP contribution in [0.3, 0.4) is 0 Å². The zero-order valence-electron chi connectivity index (χ0n) is 10.8. The molecule has 1 aliphatic heterocycles. The van der Waals surface area contributed by atoms with Crippen LogP contribution >= 0.6 is 24.2 Å². The standard InChI is InChI=1S/C12H22N2O2S.ClH/c1-16-11-3-2-9(6-11)14-12(15)7-10-8-17-5-4-13-10;/h9-11,13H,2-8H2,1H3,(H,14,15);1H. The summed E-state index contributed by atoms with van der Waals surface area (Å²) in [5.41, 5.74) is 0. The third-order valence-electron chi connectivity index (χ3n) is 3.51. The van der Waals surface area contributed by atoms with E-state index in [4.69, 9.17) is 4.74 Å². The number of carbonyl (C=O) groups is 1. The van der Waals surface area contributed by atoms with Crippen LogP contribution in [-0.4, -0.2) is 49.3 Å². The minimum Gasteiger partial charge on any atom is -0.381 e. The van der Waals surface area contributed by atoms with Crippen molar-refractivity contribution in [2.45, 2.75) is 43.9 Å². The Kier molecular flexibility index (Phi) is 7.37. The van der Waals surface area contributed by atoms with Gasteiger partial charge in [-0.2, -0.15) is 11.8 Å². The van der Waals surface area contributed by atoms with E-state index in [9.17, 15) is 4.79 Å². The zero-order valence-corrected chi connectivity index (χ0v) is 12.4. The van der Waals surface area contributed by atoms with E-state index in [-0.39, 0.29) is 18.3 Å². The zero-order chi connectivity index (χ0) is 12.1. The van der Waals surface area contributed by atoms with E-state index in [1.165, 1.54) is 0 Å². The number of hydrogen-bond acceptors (Lipinski definition) is 4. The van der Waals surface area contributed by atoms with E-state index in [0.29, 0.717) is 24.6 Å². The van der Waals surface area contributed by atoms with Gasteiger partial charge in [0.1, 0.15) is 0 Å². The number of thioether (sulfide) groups is 1. The van der Waals surface area contributed by atoms with Gasteiger partial charge in [-0.05, 0) is 19.3 Å². The molecule has 2 rings (SSSR count). The predicted molar refractivity (Wildman–Crippen MR) is 77.6 cm³/mol. The Morgan fingerprint density at radius 2 is 2.33 bits per heavy atom. The topological polar surface area (TPSA) is 50.4 Å². The van der Waals surface area contributed by atoms with Crippen LogP contribution in [0.4, 0.5) is 0 Å². The molecule has 106 valence electrons. The van der Waals surface area contributed by atoms with Gasteiger partial charge in [-0.15, -0.1) is 12.4 Å². The van der Waals surface area contributed by atoms with Gasteiger partial charge in [-0.25, -0.2) is 0 Å². The van der Waals surface area contributed by atoms with E-state index < -0.39 is 0 Å². The smallest absolute Gasteiger partial charge is 0.221 e. The predicted octanol–water partition coefficient (Wildman–Crippen LogP) is 1.19. The largest absolute Gasteiger partial charge is 0.381 e. The van der Waals surface area contributed by atoms with Crippen molar-refractivity contribution in [3.05, 3.63) is 0 Å². The molecule has 3 unspecified atom stereocenters. The maximum Gasteiger partial charge on any atom is 0.221 e. The first-order valence-corrected chi connectivity index (χ1v) is 7.56. The van der Waals surface area contributed by atoms with Gasteiger partial charge in [-0.3, -0.25) is 4.79 Å². The average molecular weight is 295 g/mol. The van der Waals surface area contributed by atoms with Gasteiger partial charge in [0.15, 0.2) is 0 Å². The summed E-state index contributed by atoms with van der Waals surface area (Å²) >= 11 is 1.93. The van der Waals surface area contributed by atoms with Gasteiger partial charge in [0.25, 0.3) is 0 Å². The number of nitrogens with one attached hydrogen (secondary N) is 2. The number of hydrogen-bond donors (Lipinski definition) is 2. The fourth-order valence-electron chi connectivity index (χ4n) is 2.55. The Morgan fingerprint density at radius 3 is 2.94 bits per heavy atom. The van der Waals surface area contributed by atoms with Crippen LogP contribution in [0.5, 0.6) is 0 Å². The highest BCUT2D eigenvalue weighted by molar-refractivity contribution is 7.99. The lowest BCUT2D eigenvalue weighted by molar-refractivity contribution is -0.122. The SMILES string of the molecule is COC1CCC(NC(=O)CC2CSCCN2)C1.Cl. The van der Waals surface area contributed by atoms with E-state index in [1.807, 2.05) is 11.8 Å². The van der Waals surface area contributed by atoms with Gasteiger partial charge in [0, 0.05) is 43.7 Å². The molecule has 2 fully saturated rings. The summed E-state index contributed by atoms with van der Waals surface area (Å²) in [5.74, 6) is 2.40. The molecule has 18 heavy (non-hydrogen) atoms. The molecule has 0 radical (unpaired) electrons. The van der Waals surface area contributed by atoms with Crippen LogP contribution < -0.4 is 10.6 Å². The maximum atomic E-state index is 11.9. The molecule has 0 aromatic rings. The van der Waals surface area contributed by atoms with Gasteiger partial charge in [0.05, 0.1) is 6.10 Å². The van der Waals surface area contributed by atoms with Crippen molar-refractivity contribution in [3.8, 4) is 0 Å². The van der Waals surface area contributed by atoms with Crippen molar-refractivity contribution in [1.29, 1.82) is 0 Å². The molecule has 1 saturated heterocycles. The monoisotopic (exact) mass is 294 g/mol. The van der Waals surface area contributed by atoms with E-state index >= 15 is 0 Å². The summed E-state index contributed by atoms with van der Waals surface area (Å²) in [5, 5.41) is 6.51. The molecule has 6 heteroatoms. The number of halogens is 1. The third-order valence-corrected chi connectivity index (χ3v) is 4.64. The lowest BCUT2D eigenvalue weighted by Gasteiger charge is -2.23. The molecule has 1 amide bonds. The van der Waals surface area contributed by atoms with Crippen molar-refractivity contribution in [3.63, 3.8) is 0 Å². The second-order valence-corrected chi connectivity index (χ2v) is 6.02. The van der Waals surface area contributed by atoms with E-state index in [0.717, 1.165) is 37.3 Å². The summed E-state index contributed by atoms with van der Waals surface area (Å²) in [6.07, 6.45) is 4.04. The van der Waals surface area contributed by atoms with Gasteiger partial charge in [0.2, 0.25) is 5.91 Å². The summed E-state index contributed by atoms with van der Waals surface area (Å²) < 4.78 is 5.31. The Hall–Kier alpha value is 0.0300. The Labute approximate surface area is 119 Å². The van der Waals surface area contributed by atoms with Gasteiger partial charge < -0.3 is 15.4 Å². The van der Waals surface area contributed by atoms with Crippen LogP contribution in [0, 0.1) is 0 Å². The molecular formula is C12H23ClN2O2S. The van der Waals surface area contributed by atoms with Crippen LogP contribution in [0.15, 0.2) is 0 Å². The molecule has 1 aliphatic carbocycles. The number of methoxy groups -OCH3 is 1. The van der Waals surface area contributed by atoms with Gasteiger partial charge >= 0.3 is 0 Å². The maximum absolute atomic E-state index is 11.9. The number of ether oxygens (including phenoxy) is 1. The molecule has 0 spiro atoms. The van der Waals surface area contributed by atoms with Crippen LogP contribution in [-0.2, 0) is 9.53 Å². The summed E-state index contributed by atoms with van der Waals surface area (Å²) in [6.45, 7) is 1.03. The Bertz CT molecular complexity index is 262. The fraction of sp³-hybridized carbons (Fsp3) is 0.917. The van der Waals surface area contributed by atoms with E-state index in [2.05, 4.69) is 10.6 Å². The summed E-state index contributed by atoms with van der Waals surface area (Å²) in [7, 11) is 1.75. The normalized spacial score (nSPS) is 31.7. The third kappa shape index (κ3) is 4.96. The minimum absolute atomic E-state index is 0. The van der Waals surface area contributed by atoms with E-state index in [1.54, 1.807) is 7.11 Å². The molecule has 2 N–H and O–H groups in total. The molecule has 0 aromatic heterocycles. The highest BCUT2D eigenvalue weighted by Gasteiger charge is 2.26. The highest BCUT2D eigenvalue weighted by atomic mass is 35.5. The van der Waals surface area contributed by atoms with Crippen LogP contribution in [0.1, 0.15) is 25.7 Å². The molecular weight excluding hydrogens is 272 g/mol. The first-order chi connectivity index (χ1) is 8.28. The summed E-state index contributed by atoms with van der Waals surface area (Å²) in [6, 6.07) is 0.678. The Morgan fingerprint density at radius 1 is 1.50 bits per heavy atom. The first kappa shape index (κ1) is 16.1. The number of carbonyl (C=O) groups excluding carboxylic acids is 1.